The smallest absolute Gasteiger partial charge is 0.335 e. The number of carbonyl (C=O) groups excluding carboxylic acids is 1. The van der Waals surface area contributed by atoms with E-state index in [-0.39, 0.29) is 11.5 Å². The average molecular weight is 247 g/mol. The molecule has 1 amide bonds. The topological polar surface area (TPSA) is 57.6 Å². The largest absolute Gasteiger partial charge is 0.478 e. The Hall–Kier alpha value is -1.84. The molecule has 4 heteroatoms. The molecule has 1 heterocycles. The number of benzene rings is 1. The van der Waals surface area contributed by atoms with Crippen LogP contribution < -0.4 is 4.90 Å². The van der Waals surface area contributed by atoms with Gasteiger partial charge in [0.1, 0.15) is 0 Å². The number of aromatic carboxylic acids is 1. The number of carboxylic acids is 1. The van der Waals surface area contributed by atoms with E-state index < -0.39 is 5.97 Å². The van der Waals surface area contributed by atoms with Crippen molar-refractivity contribution >= 4 is 17.6 Å². The Labute approximate surface area is 106 Å². The second-order valence-corrected chi connectivity index (χ2v) is 4.84. The minimum absolute atomic E-state index is 0.0628. The molecule has 1 unspecified atom stereocenters. The van der Waals surface area contributed by atoms with Gasteiger partial charge >= 0.3 is 5.97 Å². The molecule has 18 heavy (non-hydrogen) atoms. The second kappa shape index (κ2) is 4.80. The van der Waals surface area contributed by atoms with E-state index in [0.29, 0.717) is 18.9 Å². The number of carbonyl (C=O) groups is 2. The molecule has 0 spiro atoms. The predicted octanol–water partition coefficient (Wildman–Crippen LogP) is 2.32. The lowest BCUT2D eigenvalue weighted by Crippen LogP contribution is -2.31. The van der Waals surface area contributed by atoms with Crippen LogP contribution in [0.2, 0.25) is 0 Å². The second-order valence-electron chi connectivity index (χ2n) is 4.84. The first-order valence-corrected chi connectivity index (χ1v) is 6.19. The van der Waals surface area contributed by atoms with Crippen LogP contribution in [0, 0.1) is 5.92 Å². The van der Waals surface area contributed by atoms with E-state index in [9.17, 15) is 9.59 Å². The van der Waals surface area contributed by atoms with E-state index in [4.69, 9.17) is 5.11 Å². The molecule has 96 valence electrons. The third-order valence-electron chi connectivity index (χ3n) is 3.45. The van der Waals surface area contributed by atoms with Crippen molar-refractivity contribution in [2.45, 2.75) is 26.7 Å². The van der Waals surface area contributed by atoms with Crippen LogP contribution in [-0.4, -0.2) is 23.5 Å². The van der Waals surface area contributed by atoms with Gasteiger partial charge in [0, 0.05) is 12.2 Å². The Morgan fingerprint density at radius 1 is 1.50 bits per heavy atom. The van der Waals surface area contributed by atoms with Gasteiger partial charge < -0.3 is 10.0 Å². The molecule has 0 aliphatic carbocycles. The first kappa shape index (κ1) is 12.6. The fraction of sp³-hybridized carbons (Fsp3) is 0.429. The number of hydrogen-bond acceptors (Lipinski definition) is 2. The molecule has 1 N–H and O–H groups in total. The van der Waals surface area contributed by atoms with Crippen LogP contribution in [-0.2, 0) is 11.2 Å². The Balaban J connectivity index is 2.29. The molecular weight excluding hydrogens is 230 g/mol. The van der Waals surface area contributed by atoms with Crippen molar-refractivity contribution in [3.05, 3.63) is 29.3 Å². The van der Waals surface area contributed by atoms with E-state index in [1.165, 1.54) is 0 Å². The lowest BCUT2D eigenvalue weighted by molar-refractivity contribution is -0.117. The molecule has 0 radical (unpaired) electrons. The summed E-state index contributed by atoms with van der Waals surface area (Å²) in [5.41, 5.74) is 1.93. The van der Waals surface area contributed by atoms with Gasteiger partial charge in [0.05, 0.1) is 12.0 Å². The highest BCUT2D eigenvalue weighted by molar-refractivity contribution is 6.02. The summed E-state index contributed by atoms with van der Waals surface area (Å²) in [5.74, 6) is -0.447. The quantitative estimate of drug-likeness (QED) is 0.888. The lowest BCUT2D eigenvalue weighted by atomic mass is 10.1. The van der Waals surface area contributed by atoms with Crippen LogP contribution in [0.3, 0.4) is 0 Å². The maximum Gasteiger partial charge on any atom is 0.335 e. The van der Waals surface area contributed by atoms with Crippen molar-refractivity contribution < 1.29 is 14.7 Å². The van der Waals surface area contributed by atoms with Gasteiger partial charge in [0.15, 0.2) is 0 Å². The number of hydrogen-bond donors (Lipinski definition) is 1. The molecule has 0 aromatic heterocycles. The first-order valence-electron chi connectivity index (χ1n) is 6.19. The first-order chi connectivity index (χ1) is 8.52. The number of carboxylic acid groups (broad SMARTS) is 1. The Morgan fingerprint density at radius 2 is 2.22 bits per heavy atom. The third kappa shape index (κ3) is 2.23. The minimum Gasteiger partial charge on any atom is -0.478 e. The van der Waals surface area contributed by atoms with Gasteiger partial charge in [-0.15, -0.1) is 0 Å². The highest BCUT2D eigenvalue weighted by Gasteiger charge is 2.28. The molecule has 0 bridgehead atoms. The van der Waals surface area contributed by atoms with Gasteiger partial charge in [-0.25, -0.2) is 4.79 Å². The zero-order valence-electron chi connectivity index (χ0n) is 10.6. The zero-order valence-corrected chi connectivity index (χ0v) is 10.6. The van der Waals surface area contributed by atoms with Crippen LogP contribution >= 0.6 is 0 Å². The van der Waals surface area contributed by atoms with Gasteiger partial charge in [-0.2, -0.15) is 0 Å². The number of nitrogens with zero attached hydrogens (tertiary/aromatic N) is 1. The number of fused-ring (bicyclic) bond motifs is 1. The van der Waals surface area contributed by atoms with Gasteiger partial charge in [0.25, 0.3) is 0 Å². The summed E-state index contributed by atoms with van der Waals surface area (Å²) in [4.78, 5) is 24.6. The molecule has 1 aromatic rings. The molecule has 1 aromatic carbocycles. The van der Waals surface area contributed by atoms with Crippen molar-refractivity contribution in [1.29, 1.82) is 0 Å². The maximum absolute atomic E-state index is 11.9. The van der Waals surface area contributed by atoms with Gasteiger partial charge in [0.2, 0.25) is 5.91 Å². The molecule has 0 saturated heterocycles. The monoisotopic (exact) mass is 247 g/mol. The van der Waals surface area contributed by atoms with Gasteiger partial charge in [-0.1, -0.05) is 20.3 Å². The van der Waals surface area contributed by atoms with Crippen molar-refractivity contribution in [2.24, 2.45) is 5.92 Å². The van der Waals surface area contributed by atoms with Gasteiger partial charge in [-0.05, 0) is 29.7 Å². The van der Waals surface area contributed by atoms with Crippen LogP contribution in [0.4, 0.5) is 5.69 Å². The summed E-state index contributed by atoms with van der Waals surface area (Å²) in [6.45, 7) is 4.91. The molecular formula is C14H17NO3. The molecule has 4 nitrogen and oxygen atoms in total. The van der Waals surface area contributed by atoms with E-state index in [2.05, 4.69) is 13.8 Å². The Kier molecular flexibility index (Phi) is 3.36. The molecule has 1 aliphatic rings. The van der Waals surface area contributed by atoms with Crippen molar-refractivity contribution in [3.63, 3.8) is 0 Å². The van der Waals surface area contributed by atoms with Crippen molar-refractivity contribution in [1.82, 2.24) is 0 Å². The molecule has 1 aliphatic heterocycles. The lowest BCUT2D eigenvalue weighted by Gasteiger charge is -2.21. The fourth-order valence-corrected chi connectivity index (χ4v) is 2.16. The average Bonchev–Trinajstić information content (AvgIpc) is 2.64. The van der Waals surface area contributed by atoms with Crippen molar-refractivity contribution in [2.75, 3.05) is 11.4 Å². The standard InChI is InChI=1S/C14H17NO3/c1-3-9(2)8-15-12-5-4-10(14(17)18)6-11(12)7-13(15)16/h4-6,9H,3,7-8H2,1-2H3,(H,17,18). The number of rotatable bonds is 4. The van der Waals surface area contributed by atoms with E-state index >= 15 is 0 Å². The summed E-state index contributed by atoms with van der Waals surface area (Å²) < 4.78 is 0. The van der Waals surface area contributed by atoms with E-state index in [0.717, 1.165) is 17.7 Å². The van der Waals surface area contributed by atoms with E-state index in [1.54, 1.807) is 23.1 Å². The minimum atomic E-state index is -0.953. The summed E-state index contributed by atoms with van der Waals surface area (Å²) in [6.07, 6.45) is 1.33. The number of anilines is 1. The van der Waals surface area contributed by atoms with Crippen LogP contribution in [0.5, 0.6) is 0 Å². The summed E-state index contributed by atoms with van der Waals surface area (Å²) in [6, 6.07) is 4.90. The summed E-state index contributed by atoms with van der Waals surface area (Å²) in [5, 5.41) is 8.93. The van der Waals surface area contributed by atoms with E-state index in [1.807, 2.05) is 0 Å². The SMILES string of the molecule is CCC(C)CN1C(=O)Cc2cc(C(=O)O)ccc21. The van der Waals surface area contributed by atoms with Gasteiger partial charge in [-0.3, -0.25) is 4.79 Å². The van der Waals surface area contributed by atoms with Crippen LogP contribution in [0.15, 0.2) is 18.2 Å². The Bertz CT molecular complexity index is 496. The third-order valence-corrected chi connectivity index (χ3v) is 3.45. The molecule has 0 saturated carbocycles. The highest BCUT2D eigenvalue weighted by atomic mass is 16.4. The summed E-state index contributed by atoms with van der Waals surface area (Å²) in [7, 11) is 0. The molecule has 1 atom stereocenters. The number of amides is 1. The van der Waals surface area contributed by atoms with Crippen LogP contribution in [0.25, 0.3) is 0 Å². The molecule has 2 rings (SSSR count). The maximum atomic E-state index is 11.9. The highest BCUT2D eigenvalue weighted by Crippen LogP contribution is 2.30. The zero-order chi connectivity index (χ0) is 13.3. The van der Waals surface area contributed by atoms with Crippen LogP contribution in [0.1, 0.15) is 36.2 Å². The molecule has 0 fully saturated rings. The fourth-order valence-electron chi connectivity index (χ4n) is 2.16. The normalized spacial score (nSPS) is 15.7. The Morgan fingerprint density at radius 3 is 2.83 bits per heavy atom. The van der Waals surface area contributed by atoms with Crippen molar-refractivity contribution in [3.8, 4) is 0 Å². The summed E-state index contributed by atoms with van der Waals surface area (Å²) >= 11 is 0. The predicted molar refractivity (Wildman–Crippen MR) is 68.9 cm³/mol.